The van der Waals surface area contributed by atoms with Gasteiger partial charge in [0.15, 0.2) is 0 Å². The van der Waals surface area contributed by atoms with Crippen molar-refractivity contribution in [3.63, 3.8) is 0 Å². The third kappa shape index (κ3) is 38.1. The van der Waals surface area contributed by atoms with Crippen LogP contribution in [0.1, 0.15) is 32.1 Å². The van der Waals surface area contributed by atoms with Crippen molar-refractivity contribution in [1.82, 2.24) is 0 Å². The Kier molecular flexibility index (Phi) is 12.8. The van der Waals surface area contributed by atoms with Crippen molar-refractivity contribution >= 4 is 27.7 Å². The molecule has 0 spiro atoms. The lowest BCUT2D eigenvalue weighted by Crippen LogP contribution is -2.07. The number of hydrogen-bond acceptors (Lipinski definition) is 5. The molecule has 0 unspecified atom stereocenters. The maximum Gasteiger partial charge on any atom is 0.466 e. The molecule has 19 heavy (non-hydrogen) atoms. The van der Waals surface area contributed by atoms with Crippen LogP contribution in [0.3, 0.4) is 0 Å². The van der Waals surface area contributed by atoms with E-state index in [1.165, 1.54) is 44.1 Å². The quantitative estimate of drug-likeness (QED) is 0.161. The van der Waals surface area contributed by atoms with E-state index < -0.39 is 15.6 Å². The normalized spacial score (nSPS) is 16.8. The van der Waals surface area contributed by atoms with E-state index in [2.05, 4.69) is 4.33 Å². The Morgan fingerprint density at radius 3 is 1.42 bits per heavy atom. The Balaban J connectivity index is 0. The molecule has 1 aliphatic carbocycles. The largest absolute Gasteiger partial charge is 0.466 e. The second-order valence-corrected chi connectivity index (χ2v) is 6.52. The first kappa shape index (κ1) is 21.8. The molecule has 13 heteroatoms. The monoisotopic (exact) mass is 344 g/mol. The Hall–Kier alpha value is 0.490. The van der Waals surface area contributed by atoms with E-state index in [9.17, 15) is 0 Å². The topological polar surface area (TPSA) is 185 Å². The van der Waals surface area contributed by atoms with Gasteiger partial charge in [-0.1, -0.05) is 19.3 Å². The summed E-state index contributed by atoms with van der Waals surface area (Å²) in [6, 6.07) is 0. The van der Waals surface area contributed by atoms with E-state index in [4.69, 9.17) is 43.7 Å². The van der Waals surface area contributed by atoms with Gasteiger partial charge in [0, 0.05) is 17.3 Å². The molecule has 0 saturated heterocycles. The summed E-state index contributed by atoms with van der Waals surface area (Å²) in [6.07, 6.45) is 6.33. The highest BCUT2D eigenvalue weighted by atomic mass is 32.2. The molecule has 0 bridgehead atoms. The first-order chi connectivity index (χ1) is 8.43. The molecule has 1 aliphatic rings. The molecule has 0 radical (unpaired) electrons. The molecule has 10 nitrogen and oxygen atoms in total. The third-order valence-corrected chi connectivity index (χ3v) is 2.56. The van der Waals surface area contributed by atoms with E-state index in [1.807, 2.05) is 0 Å². The van der Waals surface area contributed by atoms with Crippen molar-refractivity contribution in [2.75, 3.05) is 0 Å². The summed E-state index contributed by atoms with van der Waals surface area (Å²) in [5.41, 5.74) is 0. The summed E-state index contributed by atoms with van der Waals surface area (Å²) < 4.78 is 21.8. The molecular formula is C6H18O10P2S. The fraction of sp³-hybridized carbons (Fsp3) is 1.00. The highest BCUT2D eigenvalue weighted by molar-refractivity contribution is 7.95. The minimum Gasteiger partial charge on any atom is -0.303 e. The molecule has 0 aromatic heterocycles. The average molecular weight is 344 g/mol. The molecule has 0 atom stereocenters. The molecule has 1 saturated carbocycles. The number of hydrogen-bond donors (Lipinski definition) is 7. The van der Waals surface area contributed by atoms with Crippen LogP contribution in [0.4, 0.5) is 0 Å². The van der Waals surface area contributed by atoms with Gasteiger partial charge in [0.05, 0.1) is 0 Å². The van der Waals surface area contributed by atoms with Crippen LogP contribution >= 0.6 is 27.7 Å². The van der Waals surface area contributed by atoms with E-state index in [1.54, 1.807) is 0 Å². The molecule has 0 aromatic rings. The van der Waals surface area contributed by atoms with Gasteiger partial charge in [0.2, 0.25) is 0 Å². The number of rotatable bonds is 2. The van der Waals surface area contributed by atoms with Crippen molar-refractivity contribution in [2.24, 2.45) is 0 Å². The van der Waals surface area contributed by atoms with E-state index in [-0.39, 0.29) is 0 Å². The first-order valence-electron chi connectivity index (χ1n) is 4.97. The smallest absolute Gasteiger partial charge is 0.303 e. The van der Waals surface area contributed by atoms with Gasteiger partial charge in [-0.15, -0.1) is 0 Å². The minimum atomic E-state index is -4.64. The predicted molar refractivity (Wildman–Crippen MR) is 66.7 cm³/mol. The van der Waals surface area contributed by atoms with Gasteiger partial charge >= 0.3 is 15.6 Å². The van der Waals surface area contributed by atoms with Crippen LogP contribution in [0.5, 0.6) is 0 Å². The summed E-state index contributed by atoms with van der Waals surface area (Å²) in [5.74, 6) is 0. The Morgan fingerprint density at radius 2 is 1.16 bits per heavy atom. The molecule has 0 heterocycles. The molecular weight excluding hydrogens is 326 g/mol. The summed E-state index contributed by atoms with van der Waals surface area (Å²) in [4.78, 5) is 43.1. The van der Waals surface area contributed by atoms with E-state index in [0.717, 1.165) is 0 Å². The lowest BCUT2D eigenvalue weighted by Gasteiger charge is -2.17. The second kappa shape index (κ2) is 11.2. The van der Waals surface area contributed by atoms with E-state index in [0.29, 0.717) is 5.25 Å². The van der Waals surface area contributed by atoms with Crippen LogP contribution in [0.15, 0.2) is 0 Å². The summed E-state index contributed by atoms with van der Waals surface area (Å²) in [6.45, 7) is 0. The SMILES string of the molecule is O=P(O)(O)O.O=P(O)(O)O.OOSC1CCCCC1. The molecule has 7 N–H and O–H groups in total. The molecule has 0 aliphatic heterocycles. The molecule has 118 valence electrons. The third-order valence-electron chi connectivity index (χ3n) is 1.73. The lowest BCUT2D eigenvalue weighted by atomic mass is 10.0. The standard InChI is InChI=1S/C6H12O2S.2H3O4P/c7-8-9-6-4-2-1-3-5-6;2*1-5(2,3)4/h6-7H,1-5H2;2*(H3,1,2,3,4). The van der Waals surface area contributed by atoms with Crippen LogP contribution in [0.2, 0.25) is 0 Å². The molecule has 0 aromatic carbocycles. The fourth-order valence-corrected chi connectivity index (χ4v) is 1.87. The van der Waals surface area contributed by atoms with Gasteiger partial charge in [-0.05, 0) is 12.8 Å². The molecule has 1 rings (SSSR count). The van der Waals surface area contributed by atoms with Crippen LogP contribution in [0.25, 0.3) is 0 Å². The fourth-order valence-electron chi connectivity index (χ4n) is 1.22. The van der Waals surface area contributed by atoms with Crippen molar-refractivity contribution in [1.29, 1.82) is 0 Å². The van der Waals surface area contributed by atoms with Gasteiger partial charge in [0.25, 0.3) is 0 Å². The van der Waals surface area contributed by atoms with Gasteiger partial charge < -0.3 is 29.4 Å². The first-order valence-corrected chi connectivity index (χ1v) is 8.90. The minimum absolute atomic E-state index is 0.545. The van der Waals surface area contributed by atoms with Gasteiger partial charge in [-0.2, -0.15) is 4.33 Å². The van der Waals surface area contributed by atoms with Crippen LogP contribution in [0, 0.1) is 0 Å². The predicted octanol–water partition coefficient (Wildman–Crippen LogP) is 0.600. The van der Waals surface area contributed by atoms with Crippen molar-refractivity contribution in [2.45, 2.75) is 37.4 Å². The van der Waals surface area contributed by atoms with E-state index >= 15 is 0 Å². The maximum atomic E-state index is 8.88. The molecule has 0 amide bonds. The second-order valence-electron chi connectivity index (χ2n) is 3.46. The summed E-state index contributed by atoms with van der Waals surface area (Å²) >= 11 is 1.21. The Morgan fingerprint density at radius 1 is 0.842 bits per heavy atom. The Bertz CT molecular complexity index is 255. The average Bonchev–Trinajstić information content (AvgIpc) is 2.14. The lowest BCUT2D eigenvalue weighted by molar-refractivity contribution is -0.117. The van der Waals surface area contributed by atoms with Crippen LogP contribution in [-0.4, -0.2) is 39.9 Å². The summed E-state index contributed by atoms with van der Waals surface area (Å²) in [5, 5.41) is 8.63. The van der Waals surface area contributed by atoms with Crippen molar-refractivity contribution in [3.05, 3.63) is 0 Å². The zero-order valence-corrected chi connectivity index (χ0v) is 12.4. The van der Waals surface area contributed by atoms with Crippen LogP contribution < -0.4 is 0 Å². The zero-order chi connectivity index (χ0) is 15.5. The highest BCUT2D eigenvalue weighted by Crippen LogP contribution is 2.28. The van der Waals surface area contributed by atoms with Crippen molar-refractivity contribution < 1.29 is 48.1 Å². The van der Waals surface area contributed by atoms with Crippen molar-refractivity contribution in [3.8, 4) is 0 Å². The van der Waals surface area contributed by atoms with Gasteiger partial charge in [0.1, 0.15) is 0 Å². The molecule has 1 fully saturated rings. The van der Waals surface area contributed by atoms with Gasteiger partial charge in [-0.3, -0.25) is 0 Å². The highest BCUT2D eigenvalue weighted by Gasteiger charge is 2.13. The Labute approximate surface area is 114 Å². The maximum absolute atomic E-state index is 8.88. The summed E-state index contributed by atoms with van der Waals surface area (Å²) in [7, 11) is -9.28. The van der Waals surface area contributed by atoms with Gasteiger partial charge in [-0.25, -0.2) is 14.4 Å². The zero-order valence-electron chi connectivity index (χ0n) is 9.77. The van der Waals surface area contributed by atoms with Crippen LogP contribution in [-0.2, 0) is 13.5 Å². The number of phosphoric acid groups is 2.